The van der Waals surface area contributed by atoms with Gasteiger partial charge in [-0.1, -0.05) is 18.5 Å². The summed E-state index contributed by atoms with van der Waals surface area (Å²) in [6.07, 6.45) is 1.35. The summed E-state index contributed by atoms with van der Waals surface area (Å²) in [6.45, 7) is 1.34. The summed E-state index contributed by atoms with van der Waals surface area (Å²) in [4.78, 5) is 11.4. The Morgan fingerprint density at radius 2 is 2.00 bits per heavy atom. The summed E-state index contributed by atoms with van der Waals surface area (Å²) in [5.74, 6) is -1.59. The number of pyridine rings is 1. The number of nitrogens with zero attached hydrogens (tertiary/aromatic N) is 1. The number of hydrogen-bond acceptors (Lipinski definition) is 4. The molecule has 25 heavy (non-hydrogen) atoms. The first-order chi connectivity index (χ1) is 11.2. The van der Waals surface area contributed by atoms with Crippen LogP contribution in [0.3, 0.4) is 0 Å². The van der Waals surface area contributed by atoms with Crippen molar-refractivity contribution in [1.82, 2.24) is 4.57 Å². The Morgan fingerprint density at radius 1 is 1.36 bits per heavy atom. The number of carbonyl (C=O) groups is 1. The summed E-state index contributed by atoms with van der Waals surface area (Å²) in [5.41, 5.74) is 5.01. The molecule has 0 saturated heterocycles. The first kappa shape index (κ1) is 21.1. The van der Waals surface area contributed by atoms with Gasteiger partial charge in [0.25, 0.3) is 5.91 Å². The van der Waals surface area contributed by atoms with Crippen LogP contribution in [0.5, 0.6) is 0 Å². The zero-order chi connectivity index (χ0) is 18.1. The molecule has 1 aromatic carbocycles. The van der Waals surface area contributed by atoms with E-state index in [0.717, 1.165) is 12.1 Å². The maximum atomic E-state index is 13.6. The highest BCUT2D eigenvalue weighted by Gasteiger charge is 2.18. The average Bonchev–Trinajstić information content (AvgIpc) is 2.50. The van der Waals surface area contributed by atoms with Crippen LogP contribution in [0.15, 0.2) is 35.4 Å². The van der Waals surface area contributed by atoms with Gasteiger partial charge in [0, 0.05) is 6.20 Å². The van der Waals surface area contributed by atoms with E-state index in [1.807, 2.05) is 0 Å². The normalized spacial score (nSPS) is 11.0. The summed E-state index contributed by atoms with van der Waals surface area (Å²) in [6, 6.07) is 4.58. The van der Waals surface area contributed by atoms with Gasteiger partial charge in [0.1, 0.15) is 11.3 Å². The van der Waals surface area contributed by atoms with Crippen molar-refractivity contribution in [2.45, 2.75) is 18.4 Å². The molecule has 0 radical (unpaired) electrons. The number of nitrogens with one attached hydrogen (secondary N) is 1. The third kappa shape index (κ3) is 4.59. The number of halogens is 3. The van der Waals surface area contributed by atoms with Crippen LogP contribution in [-0.4, -0.2) is 24.6 Å². The van der Waals surface area contributed by atoms with Crippen LogP contribution >= 0.6 is 24.0 Å². The fourth-order valence-corrected chi connectivity index (χ4v) is 3.57. The standard InChI is InChI=1S/C15H15ClFN3O3S.ClH/c1-2-24(22,23)13-4-3-11(17)5-9(13)7-20-8-10(16)6-12(14(20)18)15(19)21;/h3-6,8,18H,2,7H2,1H3,(H2,19,21);1H. The number of aromatic nitrogens is 1. The largest absolute Gasteiger partial charge is 0.365 e. The number of primary amides is 1. The molecule has 0 unspecified atom stereocenters. The van der Waals surface area contributed by atoms with Gasteiger partial charge in [0.2, 0.25) is 0 Å². The van der Waals surface area contributed by atoms with E-state index >= 15 is 0 Å². The van der Waals surface area contributed by atoms with Crippen molar-refractivity contribution >= 4 is 39.8 Å². The van der Waals surface area contributed by atoms with Crippen LogP contribution in [0.2, 0.25) is 5.02 Å². The van der Waals surface area contributed by atoms with Crippen LogP contribution in [0, 0.1) is 11.2 Å². The molecule has 0 fully saturated rings. The molecule has 0 atom stereocenters. The summed E-state index contributed by atoms with van der Waals surface area (Å²) >= 11 is 5.92. The lowest BCUT2D eigenvalue weighted by Gasteiger charge is -2.13. The quantitative estimate of drug-likeness (QED) is 0.741. The zero-order valence-electron chi connectivity index (χ0n) is 13.1. The van der Waals surface area contributed by atoms with Crippen LogP contribution < -0.4 is 11.2 Å². The Kier molecular flexibility index (Phi) is 6.75. The van der Waals surface area contributed by atoms with Gasteiger partial charge in [-0.15, -0.1) is 12.4 Å². The molecule has 0 bridgehead atoms. The molecule has 3 N–H and O–H groups in total. The Morgan fingerprint density at radius 3 is 2.56 bits per heavy atom. The third-order valence-electron chi connectivity index (χ3n) is 3.45. The number of hydrogen-bond donors (Lipinski definition) is 2. The zero-order valence-corrected chi connectivity index (χ0v) is 15.5. The Bertz CT molecular complexity index is 974. The lowest BCUT2D eigenvalue weighted by molar-refractivity contribution is 0.0997. The summed E-state index contributed by atoms with van der Waals surface area (Å²) in [7, 11) is -3.58. The first-order valence-electron chi connectivity index (χ1n) is 6.91. The highest BCUT2D eigenvalue weighted by molar-refractivity contribution is 7.91. The molecule has 1 heterocycles. The van der Waals surface area contributed by atoms with Gasteiger partial charge in [0.15, 0.2) is 9.84 Å². The van der Waals surface area contributed by atoms with Crippen LogP contribution in [0.1, 0.15) is 22.8 Å². The monoisotopic (exact) mass is 407 g/mol. The lowest BCUT2D eigenvalue weighted by atomic mass is 10.2. The van der Waals surface area contributed by atoms with Crippen molar-refractivity contribution in [3.05, 3.63) is 57.9 Å². The molecule has 2 aromatic rings. The Labute approximate surface area is 155 Å². The van der Waals surface area contributed by atoms with E-state index in [4.69, 9.17) is 22.7 Å². The Balaban J connectivity index is 0.00000312. The van der Waals surface area contributed by atoms with Gasteiger partial charge in [-0.2, -0.15) is 0 Å². The molecule has 0 aliphatic heterocycles. The number of benzene rings is 1. The number of sulfone groups is 1. The molecular formula is C15H16Cl2FN3O3S. The summed E-state index contributed by atoms with van der Waals surface area (Å²) < 4.78 is 39.2. The molecule has 0 aliphatic carbocycles. The fourth-order valence-electron chi connectivity index (χ4n) is 2.24. The number of carbonyl (C=O) groups excluding carboxylic acids is 1. The first-order valence-corrected chi connectivity index (χ1v) is 8.94. The third-order valence-corrected chi connectivity index (χ3v) is 5.48. The lowest BCUT2D eigenvalue weighted by Crippen LogP contribution is -2.30. The average molecular weight is 408 g/mol. The minimum absolute atomic E-state index is 0. The van der Waals surface area contributed by atoms with Crippen LogP contribution in [0.4, 0.5) is 4.39 Å². The smallest absolute Gasteiger partial charge is 0.252 e. The number of amides is 1. The van der Waals surface area contributed by atoms with E-state index in [2.05, 4.69) is 0 Å². The molecule has 1 amide bonds. The molecule has 0 spiro atoms. The van der Waals surface area contributed by atoms with Gasteiger partial charge < -0.3 is 10.3 Å². The topological polar surface area (TPSA) is 106 Å². The van der Waals surface area contributed by atoms with E-state index in [0.29, 0.717) is 0 Å². The second kappa shape index (κ2) is 7.99. The molecule has 0 saturated carbocycles. The predicted molar refractivity (Wildman–Crippen MR) is 94.3 cm³/mol. The Hall–Kier alpha value is -1.90. The van der Waals surface area contributed by atoms with Gasteiger partial charge in [-0.3, -0.25) is 10.2 Å². The van der Waals surface area contributed by atoms with Crippen molar-refractivity contribution < 1.29 is 17.6 Å². The van der Waals surface area contributed by atoms with Crippen LogP contribution in [-0.2, 0) is 16.4 Å². The van der Waals surface area contributed by atoms with Crippen molar-refractivity contribution in [3.8, 4) is 0 Å². The molecule has 2 rings (SSSR count). The maximum Gasteiger partial charge on any atom is 0.252 e. The number of rotatable bonds is 5. The van der Waals surface area contributed by atoms with Crippen molar-refractivity contribution in [2.24, 2.45) is 5.73 Å². The second-order valence-electron chi connectivity index (χ2n) is 5.07. The molecular weight excluding hydrogens is 392 g/mol. The maximum absolute atomic E-state index is 13.6. The molecule has 6 nitrogen and oxygen atoms in total. The summed E-state index contributed by atoms with van der Waals surface area (Å²) in [5, 5.41) is 8.16. The van der Waals surface area contributed by atoms with Crippen molar-refractivity contribution in [1.29, 1.82) is 5.41 Å². The highest BCUT2D eigenvalue weighted by Crippen LogP contribution is 2.20. The molecule has 1 aromatic heterocycles. The van der Waals surface area contributed by atoms with Gasteiger partial charge in [0.05, 0.1) is 27.8 Å². The minimum Gasteiger partial charge on any atom is -0.365 e. The van der Waals surface area contributed by atoms with E-state index in [1.165, 1.54) is 29.8 Å². The van der Waals surface area contributed by atoms with Gasteiger partial charge in [-0.25, -0.2) is 12.8 Å². The molecule has 136 valence electrons. The fraction of sp³-hybridized carbons (Fsp3) is 0.200. The highest BCUT2D eigenvalue weighted by atomic mass is 35.5. The minimum atomic E-state index is -3.58. The van der Waals surface area contributed by atoms with E-state index in [1.54, 1.807) is 0 Å². The molecule has 0 aliphatic rings. The number of nitrogens with two attached hydrogens (primary N) is 1. The van der Waals surface area contributed by atoms with Crippen molar-refractivity contribution in [2.75, 3.05) is 5.75 Å². The van der Waals surface area contributed by atoms with E-state index in [9.17, 15) is 17.6 Å². The van der Waals surface area contributed by atoms with Crippen molar-refractivity contribution in [3.63, 3.8) is 0 Å². The second-order valence-corrected chi connectivity index (χ2v) is 7.75. The van der Waals surface area contributed by atoms with Gasteiger partial charge >= 0.3 is 0 Å². The van der Waals surface area contributed by atoms with Crippen LogP contribution in [0.25, 0.3) is 0 Å². The molecule has 10 heteroatoms. The SMILES string of the molecule is CCS(=O)(=O)c1ccc(F)cc1Cn1cc(Cl)cc(C(N)=O)c1=N.Cl. The van der Waals surface area contributed by atoms with E-state index in [-0.39, 0.29) is 51.2 Å². The predicted octanol–water partition coefficient (Wildman–Crippen LogP) is 2.12. The van der Waals surface area contributed by atoms with E-state index < -0.39 is 21.6 Å². The van der Waals surface area contributed by atoms with Gasteiger partial charge in [-0.05, 0) is 29.8 Å².